The SMILES string of the molecule is Cl.O=C(COCc1ccccc1)N1CCNCC1c1cccc(Cl)c1. The summed E-state index contributed by atoms with van der Waals surface area (Å²) in [4.78, 5) is 14.5. The van der Waals surface area contributed by atoms with Crippen molar-refractivity contribution in [1.82, 2.24) is 10.2 Å². The lowest BCUT2D eigenvalue weighted by Crippen LogP contribution is -2.49. The van der Waals surface area contributed by atoms with Gasteiger partial charge in [-0.15, -0.1) is 12.4 Å². The summed E-state index contributed by atoms with van der Waals surface area (Å²) in [5, 5.41) is 4.03. The minimum Gasteiger partial charge on any atom is -0.367 e. The lowest BCUT2D eigenvalue weighted by molar-refractivity contribution is -0.140. The molecule has 2 aromatic carbocycles. The van der Waals surface area contributed by atoms with Crippen LogP contribution in [0.5, 0.6) is 0 Å². The van der Waals surface area contributed by atoms with Crippen molar-refractivity contribution < 1.29 is 9.53 Å². The highest BCUT2D eigenvalue weighted by atomic mass is 35.5. The summed E-state index contributed by atoms with van der Waals surface area (Å²) in [5.74, 6) is 0.0115. The summed E-state index contributed by atoms with van der Waals surface area (Å²) in [6.07, 6.45) is 0. The largest absolute Gasteiger partial charge is 0.367 e. The van der Waals surface area contributed by atoms with Crippen LogP contribution in [0, 0.1) is 0 Å². The van der Waals surface area contributed by atoms with E-state index in [0.717, 1.165) is 24.2 Å². The molecular formula is C19H22Cl2N2O2. The number of rotatable bonds is 5. The van der Waals surface area contributed by atoms with E-state index in [9.17, 15) is 4.79 Å². The summed E-state index contributed by atoms with van der Waals surface area (Å²) < 4.78 is 5.60. The zero-order valence-corrected chi connectivity index (χ0v) is 15.4. The average molecular weight is 381 g/mol. The van der Waals surface area contributed by atoms with Crippen molar-refractivity contribution in [2.24, 2.45) is 0 Å². The van der Waals surface area contributed by atoms with E-state index in [4.69, 9.17) is 16.3 Å². The van der Waals surface area contributed by atoms with Crippen LogP contribution in [0.15, 0.2) is 54.6 Å². The van der Waals surface area contributed by atoms with E-state index in [2.05, 4.69) is 5.32 Å². The van der Waals surface area contributed by atoms with Crippen LogP contribution in [-0.2, 0) is 16.1 Å². The van der Waals surface area contributed by atoms with Crippen LogP contribution in [0.1, 0.15) is 17.2 Å². The molecule has 1 heterocycles. The van der Waals surface area contributed by atoms with E-state index >= 15 is 0 Å². The molecule has 0 bridgehead atoms. The Morgan fingerprint density at radius 1 is 1.20 bits per heavy atom. The van der Waals surface area contributed by atoms with Crippen LogP contribution in [0.2, 0.25) is 5.02 Å². The molecule has 0 aromatic heterocycles. The fraction of sp³-hybridized carbons (Fsp3) is 0.316. The number of carbonyl (C=O) groups is 1. The van der Waals surface area contributed by atoms with Gasteiger partial charge in [0.15, 0.2) is 0 Å². The predicted octanol–water partition coefficient (Wildman–Crippen LogP) is 3.45. The maximum Gasteiger partial charge on any atom is 0.249 e. The van der Waals surface area contributed by atoms with Crippen LogP contribution in [0.4, 0.5) is 0 Å². The van der Waals surface area contributed by atoms with Crippen molar-refractivity contribution in [3.05, 3.63) is 70.7 Å². The molecule has 1 N–H and O–H groups in total. The van der Waals surface area contributed by atoms with Crippen molar-refractivity contribution in [2.45, 2.75) is 12.6 Å². The number of nitrogens with zero attached hydrogens (tertiary/aromatic N) is 1. The first-order chi connectivity index (χ1) is 11.7. The molecule has 0 saturated carbocycles. The topological polar surface area (TPSA) is 41.6 Å². The Hall–Kier alpha value is -1.59. The second-order valence-electron chi connectivity index (χ2n) is 5.84. The Morgan fingerprint density at radius 2 is 2.00 bits per heavy atom. The van der Waals surface area contributed by atoms with E-state index in [1.807, 2.05) is 59.5 Å². The van der Waals surface area contributed by atoms with Crippen molar-refractivity contribution in [3.8, 4) is 0 Å². The fourth-order valence-corrected chi connectivity index (χ4v) is 3.13. The average Bonchev–Trinajstić information content (AvgIpc) is 2.62. The third-order valence-electron chi connectivity index (χ3n) is 4.13. The van der Waals surface area contributed by atoms with Gasteiger partial charge >= 0.3 is 0 Å². The number of carbonyl (C=O) groups excluding carboxylic acids is 1. The van der Waals surface area contributed by atoms with Gasteiger partial charge in [0.25, 0.3) is 0 Å². The standard InChI is InChI=1S/C19H21ClN2O2.ClH/c20-17-8-4-7-16(11-17)18-12-21-9-10-22(18)19(23)14-24-13-15-5-2-1-3-6-15;/h1-8,11,18,21H,9-10,12-14H2;1H. The number of amides is 1. The summed E-state index contributed by atoms with van der Waals surface area (Å²) in [5.41, 5.74) is 2.11. The maximum atomic E-state index is 12.6. The van der Waals surface area contributed by atoms with Crippen LogP contribution < -0.4 is 5.32 Å². The van der Waals surface area contributed by atoms with Gasteiger partial charge in [0, 0.05) is 24.7 Å². The van der Waals surface area contributed by atoms with Gasteiger partial charge in [-0.1, -0.05) is 54.1 Å². The summed E-state index contributed by atoms with van der Waals surface area (Å²) in [7, 11) is 0. The fourth-order valence-electron chi connectivity index (χ4n) is 2.93. The number of ether oxygens (including phenoxy) is 1. The maximum absolute atomic E-state index is 12.6. The smallest absolute Gasteiger partial charge is 0.249 e. The second-order valence-corrected chi connectivity index (χ2v) is 6.28. The van der Waals surface area contributed by atoms with Crippen LogP contribution in [-0.4, -0.2) is 37.0 Å². The minimum absolute atomic E-state index is 0. The molecule has 134 valence electrons. The summed E-state index contributed by atoms with van der Waals surface area (Å²) >= 11 is 6.09. The third kappa shape index (κ3) is 5.44. The molecule has 0 spiro atoms. The molecule has 3 rings (SSSR count). The Balaban J connectivity index is 0.00000225. The highest BCUT2D eigenvalue weighted by molar-refractivity contribution is 6.30. The molecule has 6 heteroatoms. The molecular weight excluding hydrogens is 359 g/mol. The Morgan fingerprint density at radius 3 is 2.76 bits per heavy atom. The van der Waals surface area contributed by atoms with Crippen LogP contribution in [0.25, 0.3) is 0 Å². The molecule has 1 saturated heterocycles. The van der Waals surface area contributed by atoms with Gasteiger partial charge in [0.2, 0.25) is 5.91 Å². The van der Waals surface area contributed by atoms with Crippen molar-refractivity contribution in [3.63, 3.8) is 0 Å². The van der Waals surface area contributed by atoms with Crippen molar-refractivity contribution >= 4 is 29.9 Å². The molecule has 0 radical (unpaired) electrons. The number of halogens is 2. The van der Waals surface area contributed by atoms with E-state index < -0.39 is 0 Å². The third-order valence-corrected chi connectivity index (χ3v) is 4.37. The van der Waals surface area contributed by atoms with Gasteiger partial charge in [0.05, 0.1) is 12.6 Å². The van der Waals surface area contributed by atoms with Gasteiger partial charge in [-0.3, -0.25) is 4.79 Å². The molecule has 1 unspecified atom stereocenters. The normalized spacial score (nSPS) is 17.0. The Bertz CT molecular complexity index is 682. The molecule has 1 aliphatic rings. The molecule has 4 nitrogen and oxygen atoms in total. The number of piperazine rings is 1. The van der Waals surface area contributed by atoms with Gasteiger partial charge in [-0.2, -0.15) is 0 Å². The van der Waals surface area contributed by atoms with E-state index in [0.29, 0.717) is 18.2 Å². The van der Waals surface area contributed by atoms with Crippen LogP contribution in [0.3, 0.4) is 0 Å². The quantitative estimate of drug-likeness (QED) is 0.863. The molecule has 1 aliphatic heterocycles. The Kier molecular flexibility index (Phi) is 7.72. The number of hydrogen-bond acceptors (Lipinski definition) is 3. The Labute approximate surface area is 159 Å². The zero-order chi connectivity index (χ0) is 16.8. The summed E-state index contributed by atoms with van der Waals surface area (Å²) in [6.45, 7) is 2.73. The van der Waals surface area contributed by atoms with Gasteiger partial charge in [-0.25, -0.2) is 0 Å². The van der Waals surface area contributed by atoms with E-state index in [-0.39, 0.29) is 31.0 Å². The molecule has 0 aliphatic carbocycles. The molecule has 2 aromatic rings. The molecule has 1 amide bonds. The van der Waals surface area contributed by atoms with Gasteiger partial charge < -0.3 is 15.0 Å². The second kappa shape index (κ2) is 9.78. The number of nitrogens with one attached hydrogen (secondary N) is 1. The highest BCUT2D eigenvalue weighted by Gasteiger charge is 2.27. The first-order valence-corrected chi connectivity index (χ1v) is 8.49. The van der Waals surface area contributed by atoms with E-state index in [1.165, 1.54) is 0 Å². The lowest BCUT2D eigenvalue weighted by Gasteiger charge is -2.36. The van der Waals surface area contributed by atoms with Crippen molar-refractivity contribution in [1.29, 1.82) is 0 Å². The first kappa shape index (κ1) is 19.7. The summed E-state index contributed by atoms with van der Waals surface area (Å²) in [6, 6.07) is 17.6. The van der Waals surface area contributed by atoms with Crippen LogP contribution >= 0.6 is 24.0 Å². The first-order valence-electron chi connectivity index (χ1n) is 8.11. The zero-order valence-electron chi connectivity index (χ0n) is 13.9. The number of benzene rings is 2. The van der Waals surface area contributed by atoms with E-state index in [1.54, 1.807) is 0 Å². The minimum atomic E-state index is -0.00900. The molecule has 1 fully saturated rings. The number of hydrogen-bond donors (Lipinski definition) is 1. The lowest BCUT2D eigenvalue weighted by atomic mass is 10.0. The highest BCUT2D eigenvalue weighted by Crippen LogP contribution is 2.24. The monoisotopic (exact) mass is 380 g/mol. The van der Waals surface area contributed by atoms with Crippen molar-refractivity contribution in [2.75, 3.05) is 26.2 Å². The predicted molar refractivity (Wildman–Crippen MR) is 102 cm³/mol. The van der Waals surface area contributed by atoms with Gasteiger partial charge in [-0.05, 0) is 23.3 Å². The molecule has 1 atom stereocenters. The van der Waals surface area contributed by atoms with Gasteiger partial charge in [0.1, 0.15) is 6.61 Å². The molecule has 25 heavy (non-hydrogen) atoms.